The number of rotatable bonds is 5. The molecule has 1 saturated carbocycles. The predicted molar refractivity (Wildman–Crippen MR) is 86.8 cm³/mol. The summed E-state index contributed by atoms with van der Waals surface area (Å²) in [5.74, 6) is -0.369. The lowest BCUT2D eigenvalue weighted by atomic mass is 10.2. The van der Waals surface area contributed by atoms with Gasteiger partial charge in [-0.25, -0.2) is 9.48 Å². The van der Waals surface area contributed by atoms with Crippen molar-refractivity contribution in [3.05, 3.63) is 48.4 Å². The molecule has 1 aliphatic rings. The van der Waals surface area contributed by atoms with Gasteiger partial charge in [-0.3, -0.25) is 4.68 Å². The molecule has 0 atom stereocenters. The van der Waals surface area contributed by atoms with Gasteiger partial charge >= 0.3 is 5.97 Å². The van der Waals surface area contributed by atoms with Crippen LogP contribution in [-0.2, 0) is 4.74 Å². The highest BCUT2D eigenvalue weighted by atomic mass is 16.5. The van der Waals surface area contributed by atoms with Crippen LogP contribution in [0.25, 0.3) is 16.9 Å². The molecule has 1 fully saturated rings. The highest BCUT2D eigenvalue weighted by molar-refractivity contribution is 5.93. The lowest BCUT2D eigenvalue weighted by Gasteiger charge is -2.07. The normalized spacial score (nSPS) is 13.9. The fraction of sp³-hybridized carbons (Fsp3) is 0.294. The highest BCUT2D eigenvalue weighted by Gasteiger charge is 2.24. The number of esters is 1. The van der Waals surface area contributed by atoms with Crippen molar-refractivity contribution in [2.24, 2.45) is 0 Å². The van der Waals surface area contributed by atoms with E-state index < -0.39 is 0 Å². The third kappa shape index (κ3) is 2.68. The summed E-state index contributed by atoms with van der Waals surface area (Å²) in [5.41, 5.74) is 2.75. The lowest BCUT2D eigenvalue weighted by molar-refractivity contribution is 0.0526. The van der Waals surface area contributed by atoms with Crippen molar-refractivity contribution in [2.75, 3.05) is 6.61 Å². The first kappa shape index (κ1) is 14.6. The van der Waals surface area contributed by atoms with Gasteiger partial charge in [-0.15, -0.1) is 5.10 Å². The minimum atomic E-state index is -0.369. The van der Waals surface area contributed by atoms with Crippen LogP contribution >= 0.6 is 0 Å². The van der Waals surface area contributed by atoms with Crippen LogP contribution in [0.1, 0.15) is 36.2 Å². The van der Waals surface area contributed by atoms with Crippen molar-refractivity contribution in [3.8, 4) is 16.9 Å². The number of carbonyl (C=O) groups is 1. The summed E-state index contributed by atoms with van der Waals surface area (Å²) in [6, 6.07) is 7.72. The smallest absolute Gasteiger partial charge is 0.340 e. The summed E-state index contributed by atoms with van der Waals surface area (Å²) in [6.45, 7) is 2.11. The molecule has 3 aromatic rings. The molecule has 24 heavy (non-hydrogen) atoms. The van der Waals surface area contributed by atoms with Crippen LogP contribution < -0.4 is 0 Å². The number of hydrogen-bond acceptors (Lipinski definition) is 5. The van der Waals surface area contributed by atoms with Crippen molar-refractivity contribution >= 4 is 5.97 Å². The Bertz CT molecular complexity index is 879. The maximum absolute atomic E-state index is 12.1. The maximum atomic E-state index is 12.1. The van der Waals surface area contributed by atoms with Gasteiger partial charge in [-0.2, -0.15) is 5.10 Å². The Labute approximate surface area is 138 Å². The number of nitrogens with zero attached hydrogens (tertiary/aromatic N) is 5. The first-order valence-corrected chi connectivity index (χ1v) is 7.99. The van der Waals surface area contributed by atoms with E-state index in [0.29, 0.717) is 23.9 Å². The van der Waals surface area contributed by atoms with Crippen LogP contribution in [0, 0.1) is 0 Å². The van der Waals surface area contributed by atoms with Gasteiger partial charge in [0, 0.05) is 11.8 Å². The molecule has 0 N–H and O–H groups in total. The van der Waals surface area contributed by atoms with Gasteiger partial charge in [0.25, 0.3) is 0 Å². The fourth-order valence-corrected chi connectivity index (χ4v) is 2.58. The molecule has 2 aromatic heterocycles. The van der Waals surface area contributed by atoms with Crippen LogP contribution in [0.4, 0.5) is 0 Å². The molecule has 122 valence electrons. The zero-order valence-corrected chi connectivity index (χ0v) is 13.3. The Kier molecular flexibility index (Phi) is 3.60. The molecule has 7 nitrogen and oxygen atoms in total. The molecule has 0 amide bonds. The second-order valence-corrected chi connectivity index (χ2v) is 5.73. The number of para-hydroxylation sites is 1. The van der Waals surface area contributed by atoms with E-state index in [1.165, 1.54) is 12.8 Å². The van der Waals surface area contributed by atoms with Gasteiger partial charge in [-0.1, -0.05) is 17.3 Å². The topological polar surface area (TPSA) is 74.8 Å². The Balaban J connectivity index is 1.66. The summed E-state index contributed by atoms with van der Waals surface area (Å²) in [5, 5.41) is 12.7. The zero-order valence-electron chi connectivity index (χ0n) is 13.3. The Hall–Kier alpha value is -2.96. The van der Waals surface area contributed by atoms with Gasteiger partial charge in [0.05, 0.1) is 36.3 Å². The molecular weight excluding hydrogens is 306 g/mol. The van der Waals surface area contributed by atoms with Crippen LogP contribution in [0.15, 0.2) is 42.9 Å². The molecule has 1 aromatic carbocycles. The number of benzene rings is 1. The molecule has 0 spiro atoms. The third-order valence-electron chi connectivity index (χ3n) is 3.96. The van der Waals surface area contributed by atoms with Gasteiger partial charge < -0.3 is 4.74 Å². The summed E-state index contributed by atoms with van der Waals surface area (Å²) in [7, 11) is 0. The van der Waals surface area contributed by atoms with Crippen molar-refractivity contribution < 1.29 is 9.53 Å². The quantitative estimate of drug-likeness (QED) is 0.675. The minimum Gasteiger partial charge on any atom is -0.462 e. The van der Waals surface area contributed by atoms with Crippen LogP contribution in [-0.4, -0.2) is 37.4 Å². The predicted octanol–water partition coefficient (Wildman–Crippen LogP) is 2.64. The molecule has 1 aliphatic carbocycles. The molecule has 7 heteroatoms. The molecule has 0 radical (unpaired) electrons. The van der Waals surface area contributed by atoms with Gasteiger partial charge in [0.1, 0.15) is 5.69 Å². The Morgan fingerprint density at radius 2 is 2.12 bits per heavy atom. The van der Waals surface area contributed by atoms with E-state index in [0.717, 1.165) is 11.3 Å². The maximum Gasteiger partial charge on any atom is 0.340 e. The van der Waals surface area contributed by atoms with Crippen molar-refractivity contribution in [3.63, 3.8) is 0 Å². The number of hydrogen-bond donors (Lipinski definition) is 0. The number of aromatic nitrogens is 5. The molecule has 0 bridgehead atoms. The second-order valence-electron chi connectivity index (χ2n) is 5.73. The van der Waals surface area contributed by atoms with Crippen LogP contribution in [0.2, 0.25) is 0 Å². The Morgan fingerprint density at radius 1 is 1.29 bits per heavy atom. The first-order chi connectivity index (χ1) is 11.8. The minimum absolute atomic E-state index is 0.329. The standard InChI is InChI=1S/C17H17N5O2/c1-2-24-17(23)14-5-3-4-6-16(14)22-11-15(19-20-22)12-9-18-21(10-12)13-7-8-13/h3-6,9-11,13H,2,7-8H2,1H3. The van der Waals surface area contributed by atoms with Crippen LogP contribution in [0.3, 0.4) is 0 Å². The molecule has 4 rings (SSSR count). The number of carbonyl (C=O) groups excluding carboxylic acids is 1. The highest BCUT2D eigenvalue weighted by Crippen LogP contribution is 2.35. The van der Waals surface area contributed by atoms with Gasteiger partial charge in [0.2, 0.25) is 0 Å². The third-order valence-corrected chi connectivity index (χ3v) is 3.96. The zero-order chi connectivity index (χ0) is 16.5. The summed E-state index contributed by atoms with van der Waals surface area (Å²) in [4.78, 5) is 12.1. The van der Waals surface area contributed by atoms with E-state index in [2.05, 4.69) is 15.4 Å². The van der Waals surface area contributed by atoms with E-state index in [9.17, 15) is 4.79 Å². The Morgan fingerprint density at radius 3 is 2.92 bits per heavy atom. The van der Waals surface area contributed by atoms with E-state index in [1.807, 2.05) is 23.0 Å². The van der Waals surface area contributed by atoms with E-state index >= 15 is 0 Å². The first-order valence-electron chi connectivity index (χ1n) is 7.99. The lowest BCUT2D eigenvalue weighted by Crippen LogP contribution is -2.09. The van der Waals surface area contributed by atoms with E-state index in [1.54, 1.807) is 36.1 Å². The number of ether oxygens (including phenoxy) is 1. The average Bonchev–Trinajstić information content (AvgIpc) is 3.13. The average molecular weight is 323 g/mol. The second kappa shape index (κ2) is 5.92. The summed E-state index contributed by atoms with van der Waals surface area (Å²) in [6.07, 6.45) is 7.95. The SMILES string of the molecule is CCOC(=O)c1ccccc1-n1cc(-c2cnn(C3CC3)c2)nn1. The molecule has 2 heterocycles. The van der Waals surface area contributed by atoms with Gasteiger partial charge in [-0.05, 0) is 31.9 Å². The molecule has 0 aliphatic heterocycles. The van der Waals surface area contributed by atoms with E-state index in [4.69, 9.17) is 4.74 Å². The summed E-state index contributed by atoms with van der Waals surface area (Å²) >= 11 is 0. The fourth-order valence-electron chi connectivity index (χ4n) is 2.58. The van der Waals surface area contributed by atoms with Crippen molar-refractivity contribution in [2.45, 2.75) is 25.8 Å². The summed E-state index contributed by atoms with van der Waals surface area (Å²) < 4.78 is 8.67. The van der Waals surface area contributed by atoms with Crippen molar-refractivity contribution in [1.29, 1.82) is 0 Å². The van der Waals surface area contributed by atoms with Crippen LogP contribution in [0.5, 0.6) is 0 Å². The molecule has 0 saturated heterocycles. The molecule has 0 unspecified atom stereocenters. The van der Waals surface area contributed by atoms with Crippen molar-refractivity contribution in [1.82, 2.24) is 24.8 Å². The van der Waals surface area contributed by atoms with Gasteiger partial charge in [0.15, 0.2) is 0 Å². The van der Waals surface area contributed by atoms with E-state index in [-0.39, 0.29) is 5.97 Å². The molecular formula is C17H17N5O2. The largest absolute Gasteiger partial charge is 0.462 e. The monoisotopic (exact) mass is 323 g/mol.